The smallest absolute Gasteiger partial charge is 0.307 e. The van der Waals surface area contributed by atoms with Crippen LogP contribution < -0.4 is 5.32 Å². The Bertz CT molecular complexity index is 768. The summed E-state index contributed by atoms with van der Waals surface area (Å²) in [5.74, 6) is -0.917. The molecule has 0 spiro atoms. The second-order valence-corrected chi connectivity index (χ2v) is 6.14. The predicted molar refractivity (Wildman–Crippen MR) is 93.6 cm³/mol. The highest BCUT2D eigenvalue weighted by Gasteiger charge is 2.17. The lowest BCUT2D eigenvalue weighted by molar-refractivity contribution is -0.136. The molecule has 0 atom stereocenters. The third-order valence-electron chi connectivity index (χ3n) is 4.36. The molecule has 0 aliphatic carbocycles. The number of fused-ring (bicyclic) bond motifs is 1. The molecule has 2 aromatic rings. The minimum absolute atomic E-state index is 0.0260. The van der Waals surface area contributed by atoms with E-state index in [-0.39, 0.29) is 12.3 Å². The van der Waals surface area contributed by atoms with Gasteiger partial charge in [-0.05, 0) is 41.2 Å². The van der Waals surface area contributed by atoms with Gasteiger partial charge in [-0.3, -0.25) is 9.59 Å². The van der Waals surface area contributed by atoms with Gasteiger partial charge in [0, 0.05) is 12.1 Å². The first-order valence-corrected chi connectivity index (χ1v) is 8.40. The van der Waals surface area contributed by atoms with Crippen LogP contribution in [0.15, 0.2) is 42.5 Å². The highest BCUT2D eigenvalue weighted by Crippen LogP contribution is 2.20. The molecule has 25 heavy (non-hydrogen) atoms. The molecular formula is C20H21NO4. The van der Waals surface area contributed by atoms with Crippen LogP contribution in [0.4, 0.5) is 0 Å². The van der Waals surface area contributed by atoms with Gasteiger partial charge in [-0.2, -0.15) is 0 Å². The van der Waals surface area contributed by atoms with Gasteiger partial charge >= 0.3 is 5.97 Å². The van der Waals surface area contributed by atoms with E-state index in [2.05, 4.69) is 5.32 Å². The van der Waals surface area contributed by atoms with Crippen LogP contribution in [0.1, 0.15) is 32.6 Å². The van der Waals surface area contributed by atoms with Crippen molar-refractivity contribution in [3.63, 3.8) is 0 Å². The van der Waals surface area contributed by atoms with Crippen LogP contribution in [-0.4, -0.2) is 30.1 Å². The fourth-order valence-electron chi connectivity index (χ4n) is 3.02. The number of carbonyl (C=O) groups is 2. The van der Waals surface area contributed by atoms with Gasteiger partial charge in [0.1, 0.15) is 0 Å². The average molecular weight is 339 g/mol. The molecule has 3 rings (SSSR count). The number of hydrogen-bond acceptors (Lipinski definition) is 3. The lowest BCUT2D eigenvalue weighted by atomic mass is 9.97. The molecule has 0 saturated carbocycles. The molecule has 0 unspecified atom stereocenters. The molecule has 0 aromatic heterocycles. The van der Waals surface area contributed by atoms with Crippen molar-refractivity contribution in [2.24, 2.45) is 0 Å². The molecule has 5 nitrogen and oxygen atoms in total. The summed E-state index contributed by atoms with van der Waals surface area (Å²) < 4.78 is 5.48. The molecule has 0 fully saturated rings. The Morgan fingerprint density at radius 1 is 1.08 bits per heavy atom. The predicted octanol–water partition coefficient (Wildman–Crippen LogP) is 2.36. The zero-order chi connectivity index (χ0) is 17.6. The molecule has 1 aliphatic heterocycles. The standard InChI is InChI=1S/C20H21NO4/c22-19(23)12-15-6-4-14(5-7-15)8-10-21-20(24)17-3-1-2-16-9-11-25-13-18(16)17/h1-7H,8-13H2,(H,21,24)(H,22,23). The summed E-state index contributed by atoms with van der Waals surface area (Å²) >= 11 is 0. The van der Waals surface area contributed by atoms with Crippen molar-refractivity contribution in [1.29, 1.82) is 0 Å². The van der Waals surface area contributed by atoms with Crippen LogP contribution in [0.3, 0.4) is 0 Å². The summed E-state index contributed by atoms with van der Waals surface area (Å²) in [5, 5.41) is 11.7. The number of ether oxygens (including phenoxy) is 1. The maximum absolute atomic E-state index is 12.5. The zero-order valence-corrected chi connectivity index (χ0v) is 14.0. The zero-order valence-electron chi connectivity index (χ0n) is 14.0. The number of nitrogens with one attached hydrogen (secondary N) is 1. The number of carboxylic acid groups (broad SMARTS) is 1. The summed E-state index contributed by atoms with van der Waals surface area (Å²) in [5.41, 5.74) is 4.70. The fourth-order valence-corrected chi connectivity index (χ4v) is 3.02. The van der Waals surface area contributed by atoms with E-state index in [4.69, 9.17) is 9.84 Å². The van der Waals surface area contributed by atoms with Gasteiger partial charge in [0.2, 0.25) is 0 Å². The number of benzene rings is 2. The molecule has 1 heterocycles. The molecule has 0 bridgehead atoms. The van der Waals surface area contributed by atoms with Crippen molar-refractivity contribution < 1.29 is 19.4 Å². The molecule has 2 aromatic carbocycles. The first-order valence-electron chi connectivity index (χ1n) is 8.40. The number of hydrogen-bond donors (Lipinski definition) is 2. The Morgan fingerprint density at radius 3 is 2.60 bits per heavy atom. The first kappa shape index (κ1) is 17.2. The maximum atomic E-state index is 12.5. The molecule has 1 aliphatic rings. The van der Waals surface area contributed by atoms with Crippen molar-refractivity contribution in [2.75, 3.05) is 13.2 Å². The van der Waals surface area contributed by atoms with Crippen LogP contribution in [0, 0.1) is 0 Å². The van der Waals surface area contributed by atoms with Crippen LogP contribution in [0.5, 0.6) is 0 Å². The summed E-state index contributed by atoms with van der Waals surface area (Å²) in [6, 6.07) is 13.2. The molecular weight excluding hydrogens is 318 g/mol. The summed E-state index contributed by atoms with van der Waals surface area (Å²) in [6.45, 7) is 1.72. The third kappa shape index (κ3) is 4.45. The van der Waals surface area contributed by atoms with Gasteiger partial charge in [0.15, 0.2) is 0 Å². The number of aliphatic carboxylic acids is 1. The monoisotopic (exact) mass is 339 g/mol. The van der Waals surface area contributed by atoms with Gasteiger partial charge in [-0.1, -0.05) is 36.4 Å². The largest absolute Gasteiger partial charge is 0.481 e. The molecule has 0 radical (unpaired) electrons. The Kier molecular flexibility index (Phi) is 5.46. The van der Waals surface area contributed by atoms with E-state index in [1.54, 1.807) is 0 Å². The van der Waals surface area contributed by atoms with Gasteiger partial charge in [0.25, 0.3) is 5.91 Å². The Hall–Kier alpha value is -2.66. The van der Waals surface area contributed by atoms with E-state index >= 15 is 0 Å². The van der Waals surface area contributed by atoms with E-state index in [0.29, 0.717) is 31.7 Å². The third-order valence-corrected chi connectivity index (χ3v) is 4.36. The van der Waals surface area contributed by atoms with Crippen LogP contribution in [-0.2, 0) is 35.4 Å². The highest BCUT2D eigenvalue weighted by atomic mass is 16.5. The van der Waals surface area contributed by atoms with Gasteiger partial charge < -0.3 is 15.2 Å². The van der Waals surface area contributed by atoms with Crippen molar-refractivity contribution >= 4 is 11.9 Å². The SMILES string of the molecule is O=C(O)Cc1ccc(CCNC(=O)c2cccc3c2COCC3)cc1. The molecule has 2 N–H and O–H groups in total. The quantitative estimate of drug-likeness (QED) is 0.847. The van der Waals surface area contributed by atoms with Crippen molar-refractivity contribution in [1.82, 2.24) is 5.32 Å². The summed E-state index contributed by atoms with van der Waals surface area (Å²) in [7, 11) is 0. The second-order valence-electron chi connectivity index (χ2n) is 6.14. The van der Waals surface area contributed by atoms with E-state index in [0.717, 1.165) is 23.1 Å². The number of rotatable bonds is 6. The van der Waals surface area contributed by atoms with E-state index in [1.165, 1.54) is 5.56 Å². The second kappa shape index (κ2) is 7.94. The van der Waals surface area contributed by atoms with E-state index in [1.807, 2.05) is 42.5 Å². The lowest BCUT2D eigenvalue weighted by Gasteiger charge is -2.19. The van der Waals surface area contributed by atoms with Crippen molar-refractivity contribution in [3.8, 4) is 0 Å². The average Bonchev–Trinajstić information content (AvgIpc) is 2.62. The normalized spacial score (nSPS) is 13.1. The van der Waals surface area contributed by atoms with Crippen LogP contribution >= 0.6 is 0 Å². The fraction of sp³-hybridized carbons (Fsp3) is 0.300. The van der Waals surface area contributed by atoms with Crippen molar-refractivity contribution in [3.05, 3.63) is 70.3 Å². The molecule has 0 saturated heterocycles. The number of carboxylic acids is 1. The van der Waals surface area contributed by atoms with Gasteiger partial charge in [-0.15, -0.1) is 0 Å². The van der Waals surface area contributed by atoms with Gasteiger partial charge in [0.05, 0.1) is 19.6 Å². The minimum atomic E-state index is -0.838. The molecule has 130 valence electrons. The Labute approximate surface area is 146 Å². The van der Waals surface area contributed by atoms with Crippen LogP contribution in [0.25, 0.3) is 0 Å². The molecule has 1 amide bonds. The minimum Gasteiger partial charge on any atom is -0.481 e. The summed E-state index contributed by atoms with van der Waals surface area (Å²) in [4.78, 5) is 23.1. The van der Waals surface area contributed by atoms with Crippen LogP contribution in [0.2, 0.25) is 0 Å². The van der Waals surface area contributed by atoms with Gasteiger partial charge in [-0.25, -0.2) is 0 Å². The van der Waals surface area contributed by atoms with E-state index < -0.39 is 5.97 Å². The first-order chi connectivity index (χ1) is 12.1. The number of amides is 1. The van der Waals surface area contributed by atoms with E-state index in [9.17, 15) is 9.59 Å². The topological polar surface area (TPSA) is 75.6 Å². The Balaban J connectivity index is 1.55. The summed E-state index contributed by atoms with van der Waals surface area (Å²) in [6.07, 6.45) is 1.57. The lowest BCUT2D eigenvalue weighted by Crippen LogP contribution is -2.28. The molecule has 5 heteroatoms. The maximum Gasteiger partial charge on any atom is 0.307 e. The van der Waals surface area contributed by atoms with Crippen molar-refractivity contribution in [2.45, 2.75) is 25.9 Å². The highest BCUT2D eigenvalue weighted by molar-refractivity contribution is 5.96. The Morgan fingerprint density at radius 2 is 1.84 bits per heavy atom. The number of carbonyl (C=O) groups excluding carboxylic acids is 1.